The maximum atomic E-state index is 12.6. The van der Waals surface area contributed by atoms with E-state index in [4.69, 9.17) is 21.4 Å². The van der Waals surface area contributed by atoms with E-state index in [0.717, 1.165) is 22.3 Å². The van der Waals surface area contributed by atoms with Crippen LogP contribution in [0.15, 0.2) is 83.3 Å². The number of methoxy groups -OCH3 is 1. The van der Waals surface area contributed by atoms with Gasteiger partial charge in [0, 0.05) is 22.8 Å². The van der Waals surface area contributed by atoms with E-state index >= 15 is 0 Å². The summed E-state index contributed by atoms with van der Waals surface area (Å²) in [5, 5.41) is 9.47. The first kappa shape index (κ1) is 23.7. The lowest BCUT2D eigenvalue weighted by atomic mass is 10.1. The van der Waals surface area contributed by atoms with E-state index in [9.17, 15) is 9.59 Å². The number of hydrogen-bond donors (Lipinski definition) is 3. The van der Waals surface area contributed by atoms with Crippen LogP contribution in [-0.2, 0) is 4.79 Å². The number of nitrogens with one attached hydrogen (secondary N) is 3. The van der Waals surface area contributed by atoms with E-state index in [-0.39, 0.29) is 22.7 Å². The molecule has 0 radical (unpaired) electrons. The van der Waals surface area contributed by atoms with Crippen molar-refractivity contribution in [1.82, 2.24) is 5.32 Å². The molecule has 4 rings (SSSR count). The molecule has 4 aromatic rings. The molecule has 0 unspecified atom stereocenters. The highest BCUT2D eigenvalue weighted by molar-refractivity contribution is 7.80. The average Bonchev–Trinajstić information content (AvgIpc) is 3.29. The molecule has 0 aliphatic carbocycles. The third-order valence-electron chi connectivity index (χ3n) is 5.16. The Morgan fingerprint density at radius 3 is 2.46 bits per heavy atom. The summed E-state index contributed by atoms with van der Waals surface area (Å²) in [6.45, 7) is 1.86. The lowest BCUT2D eigenvalue weighted by Gasteiger charge is -2.12. The largest absolute Gasteiger partial charge is 0.497 e. The first-order valence-corrected chi connectivity index (χ1v) is 11.2. The van der Waals surface area contributed by atoms with Gasteiger partial charge in [-0.2, -0.15) is 0 Å². The minimum Gasteiger partial charge on any atom is -0.497 e. The van der Waals surface area contributed by atoms with Crippen molar-refractivity contribution in [3.8, 4) is 5.75 Å². The van der Waals surface area contributed by atoms with Gasteiger partial charge >= 0.3 is 0 Å². The summed E-state index contributed by atoms with van der Waals surface area (Å²) in [7, 11) is 1.60. The lowest BCUT2D eigenvalue weighted by Crippen LogP contribution is -2.32. The van der Waals surface area contributed by atoms with Gasteiger partial charge in [-0.1, -0.05) is 30.3 Å². The highest BCUT2D eigenvalue weighted by atomic mass is 32.1. The van der Waals surface area contributed by atoms with Crippen LogP contribution in [0.4, 0.5) is 11.4 Å². The Hall–Kier alpha value is -4.43. The van der Waals surface area contributed by atoms with Gasteiger partial charge in [0.05, 0.1) is 7.11 Å². The molecule has 35 heavy (non-hydrogen) atoms. The van der Waals surface area contributed by atoms with E-state index in [1.54, 1.807) is 31.4 Å². The zero-order valence-corrected chi connectivity index (χ0v) is 19.9. The number of rotatable bonds is 6. The van der Waals surface area contributed by atoms with Crippen LogP contribution in [0.3, 0.4) is 0 Å². The molecule has 3 aromatic carbocycles. The van der Waals surface area contributed by atoms with E-state index in [2.05, 4.69) is 16.0 Å². The molecular weight excluding hydrogens is 462 g/mol. The molecular formula is C27H23N3O4S. The number of benzene rings is 3. The Kier molecular flexibility index (Phi) is 7.23. The van der Waals surface area contributed by atoms with Gasteiger partial charge < -0.3 is 19.8 Å². The van der Waals surface area contributed by atoms with Crippen LogP contribution in [0.2, 0.25) is 0 Å². The molecule has 0 bridgehead atoms. The molecule has 0 aliphatic rings. The number of carbonyl (C=O) groups is 2. The second-order valence-electron chi connectivity index (χ2n) is 7.68. The first-order chi connectivity index (χ1) is 16.9. The van der Waals surface area contributed by atoms with E-state index in [1.165, 1.54) is 6.08 Å². The zero-order valence-electron chi connectivity index (χ0n) is 19.1. The van der Waals surface area contributed by atoms with Crippen molar-refractivity contribution < 1.29 is 18.7 Å². The highest BCUT2D eigenvalue weighted by Gasteiger charge is 2.13. The monoisotopic (exact) mass is 485 g/mol. The van der Waals surface area contributed by atoms with Gasteiger partial charge in [-0.25, -0.2) is 0 Å². The number of fused-ring (bicyclic) bond motifs is 1. The summed E-state index contributed by atoms with van der Waals surface area (Å²) in [5.41, 5.74) is 3.64. The summed E-state index contributed by atoms with van der Waals surface area (Å²) in [4.78, 5) is 24.8. The molecule has 0 spiro atoms. The fraction of sp³-hybridized carbons (Fsp3) is 0.0741. The molecule has 2 amide bonds. The van der Waals surface area contributed by atoms with Crippen molar-refractivity contribution in [3.05, 3.63) is 95.8 Å². The number of para-hydroxylation sites is 1. The van der Waals surface area contributed by atoms with Crippen molar-refractivity contribution in [1.29, 1.82) is 0 Å². The molecule has 8 heteroatoms. The summed E-state index contributed by atoms with van der Waals surface area (Å²) < 4.78 is 10.7. The summed E-state index contributed by atoms with van der Waals surface area (Å²) in [5.74, 6) is 0.285. The van der Waals surface area contributed by atoms with Crippen molar-refractivity contribution in [2.24, 2.45) is 0 Å². The lowest BCUT2D eigenvalue weighted by molar-refractivity contribution is -0.115. The van der Waals surface area contributed by atoms with Gasteiger partial charge in [-0.15, -0.1) is 0 Å². The summed E-state index contributed by atoms with van der Waals surface area (Å²) >= 11 is 5.24. The number of hydrogen-bond acceptors (Lipinski definition) is 5. The third-order valence-corrected chi connectivity index (χ3v) is 5.37. The molecule has 0 atom stereocenters. The van der Waals surface area contributed by atoms with Crippen LogP contribution in [0.5, 0.6) is 5.75 Å². The minimum absolute atomic E-state index is 0.160. The van der Waals surface area contributed by atoms with Crippen molar-refractivity contribution in [2.75, 3.05) is 17.7 Å². The number of ether oxygens (including phenoxy) is 1. The minimum atomic E-state index is -0.357. The van der Waals surface area contributed by atoms with E-state index < -0.39 is 0 Å². The molecule has 0 saturated heterocycles. The number of aryl methyl sites for hydroxylation is 1. The Balaban J connectivity index is 1.32. The van der Waals surface area contributed by atoms with Gasteiger partial charge in [0.15, 0.2) is 10.9 Å². The smallest absolute Gasteiger partial charge is 0.291 e. The summed E-state index contributed by atoms with van der Waals surface area (Å²) in [6, 6.07) is 21.8. The molecule has 0 fully saturated rings. The maximum absolute atomic E-state index is 12.6. The molecule has 1 heterocycles. The van der Waals surface area contributed by atoms with Gasteiger partial charge in [0.2, 0.25) is 5.91 Å². The van der Waals surface area contributed by atoms with Crippen molar-refractivity contribution >= 4 is 57.6 Å². The van der Waals surface area contributed by atoms with Gasteiger partial charge in [-0.05, 0) is 78.8 Å². The third kappa shape index (κ3) is 6.13. The molecule has 1 aromatic heterocycles. The topological polar surface area (TPSA) is 92.6 Å². The number of furan rings is 1. The normalized spacial score (nSPS) is 10.8. The number of anilines is 2. The van der Waals surface area contributed by atoms with Gasteiger partial charge in [0.1, 0.15) is 11.3 Å². The Morgan fingerprint density at radius 1 is 0.971 bits per heavy atom. The number of thiocarbonyl (C=S) groups is 1. The van der Waals surface area contributed by atoms with Crippen LogP contribution in [-0.4, -0.2) is 24.0 Å². The average molecular weight is 486 g/mol. The molecule has 176 valence electrons. The van der Waals surface area contributed by atoms with Crippen LogP contribution >= 0.6 is 12.2 Å². The maximum Gasteiger partial charge on any atom is 0.291 e. The highest BCUT2D eigenvalue weighted by Crippen LogP contribution is 2.23. The second kappa shape index (κ2) is 10.7. The molecule has 3 N–H and O–H groups in total. The van der Waals surface area contributed by atoms with Crippen LogP contribution in [0.1, 0.15) is 21.7 Å². The van der Waals surface area contributed by atoms with E-state index in [1.807, 2.05) is 61.5 Å². The van der Waals surface area contributed by atoms with Crippen LogP contribution in [0, 0.1) is 6.92 Å². The van der Waals surface area contributed by atoms with Gasteiger partial charge in [0.25, 0.3) is 5.91 Å². The molecule has 0 saturated carbocycles. The predicted octanol–water partition coefficient (Wildman–Crippen LogP) is 5.53. The standard InChI is InChI=1S/C27H23N3O4S/c1-17-15-20(28-27(35)30-25(31)14-9-18-7-11-21(33-2)12-8-18)10-13-22(17)29-26(32)24-16-19-5-3-4-6-23(19)34-24/h3-16H,1-2H3,(H,29,32)(H2,28,30,31,35)/b14-9+. The number of amides is 2. The fourth-order valence-corrected chi connectivity index (χ4v) is 3.58. The zero-order chi connectivity index (χ0) is 24.8. The fourth-order valence-electron chi connectivity index (χ4n) is 3.36. The van der Waals surface area contributed by atoms with Crippen molar-refractivity contribution in [3.63, 3.8) is 0 Å². The van der Waals surface area contributed by atoms with Crippen LogP contribution < -0.4 is 20.7 Å². The second-order valence-corrected chi connectivity index (χ2v) is 8.09. The molecule has 7 nitrogen and oxygen atoms in total. The number of carbonyl (C=O) groups excluding carboxylic acids is 2. The van der Waals surface area contributed by atoms with Crippen LogP contribution in [0.25, 0.3) is 17.0 Å². The first-order valence-electron chi connectivity index (χ1n) is 10.8. The Bertz CT molecular complexity index is 1390. The SMILES string of the molecule is COc1ccc(/C=C/C(=O)NC(=S)Nc2ccc(NC(=O)c3cc4ccccc4o3)c(C)c2)cc1. The van der Waals surface area contributed by atoms with Crippen molar-refractivity contribution in [2.45, 2.75) is 6.92 Å². The predicted molar refractivity (Wildman–Crippen MR) is 142 cm³/mol. The van der Waals surface area contributed by atoms with Gasteiger partial charge in [-0.3, -0.25) is 14.9 Å². The molecule has 0 aliphatic heterocycles. The Morgan fingerprint density at radius 2 is 1.74 bits per heavy atom. The quantitative estimate of drug-likeness (QED) is 0.246. The van der Waals surface area contributed by atoms with E-state index in [0.29, 0.717) is 17.0 Å². The summed E-state index contributed by atoms with van der Waals surface area (Å²) in [6.07, 6.45) is 3.08. The Labute approximate surface area is 207 Å².